The van der Waals surface area contributed by atoms with Crippen molar-refractivity contribution in [2.24, 2.45) is 0 Å². The minimum absolute atomic E-state index is 0.156. The van der Waals surface area contributed by atoms with E-state index < -0.39 is 6.10 Å². The van der Waals surface area contributed by atoms with E-state index in [4.69, 9.17) is 21.3 Å². The Labute approximate surface area is 171 Å². The second kappa shape index (κ2) is 11.1. The van der Waals surface area contributed by atoms with Crippen molar-refractivity contribution in [1.29, 1.82) is 0 Å². The molecule has 2 rings (SSSR count). The predicted octanol–water partition coefficient (Wildman–Crippen LogP) is 4.03. The minimum atomic E-state index is -0.602. The van der Waals surface area contributed by atoms with Crippen molar-refractivity contribution in [3.8, 4) is 5.75 Å². The van der Waals surface area contributed by atoms with Crippen LogP contribution in [-0.4, -0.2) is 33.4 Å². The average molecular weight is 409 g/mol. The molecule has 28 heavy (non-hydrogen) atoms. The summed E-state index contributed by atoms with van der Waals surface area (Å²) in [5, 5.41) is 9.68. The van der Waals surface area contributed by atoms with Crippen molar-refractivity contribution in [2.75, 3.05) is 7.11 Å². The number of aromatic nitrogens is 2. The molecule has 1 heterocycles. The number of esters is 1. The third kappa shape index (κ3) is 5.72. The molecule has 0 spiro atoms. The minimum Gasteiger partial charge on any atom is -0.479 e. The summed E-state index contributed by atoms with van der Waals surface area (Å²) < 4.78 is 12.0. The van der Waals surface area contributed by atoms with Crippen LogP contribution in [0.1, 0.15) is 62.3 Å². The maximum Gasteiger partial charge on any atom is 0.347 e. The standard InChI is InChI=1S/C21H29ClN2O4/c1-4-6-8-20-23-17(18(14-25)24(20)22)13-15-9-11-16(12-10-15)28-19(7-5-2)21(26)27-3/h9-12,19,25H,4-8,13-14H2,1-3H3. The second-order valence-electron chi connectivity index (χ2n) is 6.70. The summed E-state index contributed by atoms with van der Waals surface area (Å²) in [6.07, 6.45) is 4.22. The molecule has 0 aliphatic carbocycles. The molecule has 0 bridgehead atoms. The first-order valence-electron chi connectivity index (χ1n) is 9.73. The number of hydrogen-bond acceptors (Lipinski definition) is 5. The van der Waals surface area contributed by atoms with E-state index in [1.165, 1.54) is 11.2 Å². The van der Waals surface area contributed by atoms with Crippen LogP contribution in [0.5, 0.6) is 5.75 Å². The van der Waals surface area contributed by atoms with Gasteiger partial charge in [0.25, 0.3) is 0 Å². The second-order valence-corrected chi connectivity index (χ2v) is 7.04. The summed E-state index contributed by atoms with van der Waals surface area (Å²) in [6.45, 7) is 3.95. The van der Waals surface area contributed by atoms with E-state index in [-0.39, 0.29) is 12.6 Å². The van der Waals surface area contributed by atoms with Crippen LogP contribution < -0.4 is 4.74 Å². The smallest absolute Gasteiger partial charge is 0.347 e. The van der Waals surface area contributed by atoms with Gasteiger partial charge in [0.1, 0.15) is 11.6 Å². The predicted molar refractivity (Wildman–Crippen MR) is 109 cm³/mol. The van der Waals surface area contributed by atoms with E-state index in [2.05, 4.69) is 11.9 Å². The number of hydrogen-bond donors (Lipinski definition) is 1. The van der Waals surface area contributed by atoms with Crippen LogP contribution in [0.3, 0.4) is 0 Å². The Morgan fingerprint density at radius 3 is 2.54 bits per heavy atom. The lowest BCUT2D eigenvalue weighted by Crippen LogP contribution is -2.28. The number of aliphatic hydroxyl groups is 1. The number of carbonyl (C=O) groups is 1. The highest BCUT2D eigenvalue weighted by atomic mass is 35.5. The molecule has 0 aliphatic heterocycles. The molecule has 1 unspecified atom stereocenters. The van der Waals surface area contributed by atoms with Crippen LogP contribution in [0.2, 0.25) is 0 Å². The SMILES string of the molecule is CCCCc1nc(Cc2ccc(OC(CCC)C(=O)OC)cc2)c(CO)n1Cl. The molecule has 1 aromatic carbocycles. The number of benzene rings is 1. The van der Waals surface area contributed by atoms with E-state index in [9.17, 15) is 9.90 Å². The summed E-state index contributed by atoms with van der Waals surface area (Å²) >= 11 is 6.32. The maximum atomic E-state index is 11.8. The van der Waals surface area contributed by atoms with E-state index in [0.29, 0.717) is 24.3 Å². The van der Waals surface area contributed by atoms with Crippen LogP contribution >= 0.6 is 11.8 Å². The van der Waals surface area contributed by atoms with Gasteiger partial charge in [-0.15, -0.1) is 0 Å². The van der Waals surface area contributed by atoms with E-state index >= 15 is 0 Å². The largest absolute Gasteiger partial charge is 0.479 e. The molecule has 0 fully saturated rings. The summed E-state index contributed by atoms with van der Waals surface area (Å²) in [6, 6.07) is 7.51. The van der Waals surface area contributed by atoms with Crippen LogP contribution in [-0.2, 0) is 29.0 Å². The summed E-state index contributed by atoms with van der Waals surface area (Å²) in [5.41, 5.74) is 2.42. The monoisotopic (exact) mass is 408 g/mol. The maximum absolute atomic E-state index is 11.8. The summed E-state index contributed by atoms with van der Waals surface area (Å²) in [5.74, 6) is 1.02. The third-order valence-electron chi connectivity index (χ3n) is 4.55. The molecule has 1 aromatic heterocycles. The Kier molecular flexibility index (Phi) is 8.80. The van der Waals surface area contributed by atoms with E-state index in [1.807, 2.05) is 31.2 Å². The number of imidazole rings is 1. The zero-order chi connectivity index (χ0) is 20.5. The highest BCUT2D eigenvalue weighted by Crippen LogP contribution is 2.22. The first-order chi connectivity index (χ1) is 13.5. The number of rotatable bonds is 11. The number of methoxy groups -OCH3 is 1. The van der Waals surface area contributed by atoms with Crippen molar-refractivity contribution >= 4 is 17.7 Å². The van der Waals surface area contributed by atoms with Gasteiger partial charge in [0, 0.05) is 24.6 Å². The van der Waals surface area contributed by atoms with E-state index in [0.717, 1.165) is 42.8 Å². The molecule has 2 aromatic rings. The van der Waals surface area contributed by atoms with E-state index in [1.54, 1.807) is 0 Å². The lowest BCUT2D eigenvalue weighted by Gasteiger charge is -2.16. The highest BCUT2D eigenvalue weighted by molar-refractivity contribution is 6.16. The number of unbranched alkanes of at least 4 members (excludes halogenated alkanes) is 1. The zero-order valence-corrected chi connectivity index (χ0v) is 17.5. The molecule has 0 aliphatic rings. The fourth-order valence-electron chi connectivity index (χ4n) is 2.98. The molecular formula is C21H29ClN2O4. The highest BCUT2D eigenvalue weighted by Gasteiger charge is 2.20. The van der Waals surface area contributed by atoms with Gasteiger partial charge in [-0.25, -0.2) is 13.9 Å². The summed E-state index contributed by atoms with van der Waals surface area (Å²) in [4.78, 5) is 16.4. The van der Waals surface area contributed by atoms with Gasteiger partial charge < -0.3 is 14.6 Å². The Morgan fingerprint density at radius 1 is 1.25 bits per heavy atom. The van der Waals surface area contributed by atoms with Crippen molar-refractivity contribution in [2.45, 2.75) is 65.1 Å². The van der Waals surface area contributed by atoms with Gasteiger partial charge in [-0.3, -0.25) is 0 Å². The molecule has 0 saturated heterocycles. The molecule has 1 atom stereocenters. The van der Waals surface area contributed by atoms with Gasteiger partial charge in [0.15, 0.2) is 6.10 Å². The molecule has 6 nitrogen and oxygen atoms in total. The number of carbonyl (C=O) groups excluding carboxylic acids is 1. The number of halogens is 1. The number of aliphatic hydroxyl groups excluding tert-OH is 1. The van der Waals surface area contributed by atoms with Crippen molar-refractivity contribution in [3.05, 3.63) is 47.0 Å². The number of aryl methyl sites for hydroxylation is 1. The van der Waals surface area contributed by atoms with Crippen LogP contribution in [0.25, 0.3) is 0 Å². The Bertz CT molecular complexity index is 759. The molecule has 1 N–H and O–H groups in total. The fourth-order valence-corrected chi connectivity index (χ4v) is 3.25. The van der Waals surface area contributed by atoms with Gasteiger partial charge in [0.05, 0.1) is 25.1 Å². The van der Waals surface area contributed by atoms with Gasteiger partial charge in [0.2, 0.25) is 0 Å². The van der Waals surface area contributed by atoms with Gasteiger partial charge >= 0.3 is 5.97 Å². The third-order valence-corrected chi connectivity index (χ3v) is 4.95. The van der Waals surface area contributed by atoms with Gasteiger partial charge in [-0.2, -0.15) is 0 Å². The summed E-state index contributed by atoms with van der Waals surface area (Å²) in [7, 11) is 1.36. The normalized spacial score (nSPS) is 12.0. The quantitative estimate of drug-likeness (QED) is 0.568. The van der Waals surface area contributed by atoms with Crippen LogP contribution in [0.15, 0.2) is 24.3 Å². The molecule has 0 amide bonds. The molecule has 154 valence electrons. The number of ether oxygens (including phenoxy) is 2. The number of nitrogens with zero attached hydrogens (tertiary/aromatic N) is 2. The molecule has 0 radical (unpaired) electrons. The molecule has 0 saturated carbocycles. The Hall–Kier alpha value is -2.05. The topological polar surface area (TPSA) is 73.6 Å². The van der Waals surface area contributed by atoms with Gasteiger partial charge in [-0.1, -0.05) is 38.8 Å². The molecule has 7 heteroatoms. The molecular weight excluding hydrogens is 380 g/mol. The average Bonchev–Trinajstić information content (AvgIpc) is 3.00. The fraction of sp³-hybridized carbons (Fsp3) is 0.524. The zero-order valence-electron chi connectivity index (χ0n) is 16.8. The van der Waals surface area contributed by atoms with Crippen molar-refractivity contribution in [3.63, 3.8) is 0 Å². The lowest BCUT2D eigenvalue weighted by atomic mass is 10.1. The van der Waals surface area contributed by atoms with Crippen LogP contribution in [0, 0.1) is 0 Å². The van der Waals surface area contributed by atoms with Crippen molar-refractivity contribution < 1.29 is 19.4 Å². The first kappa shape index (κ1) is 22.2. The van der Waals surface area contributed by atoms with Crippen molar-refractivity contribution in [1.82, 2.24) is 9.07 Å². The lowest BCUT2D eigenvalue weighted by molar-refractivity contribution is -0.149. The Morgan fingerprint density at radius 2 is 1.96 bits per heavy atom. The first-order valence-corrected chi connectivity index (χ1v) is 10.1. The van der Waals surface area contributed by atoms with Gasteiger partial charge in [-0.05, 0) is 30.5 Å². The van der Waals surface area contributed by atoms with Crippen LogP contribution in [0.4, 0.5) is 0 Å². The Balaban J connectivity index is 2.10.